The molecule has 27 heavy (non-hydrogen) atoms. The van der Waals surface area contributed by atoms with Crippen molar-refractivity contribution in [2.24, 2.45) is 0 Å². The molecule has 0 saturated carbocycles. The van der Waals surface area contributed by atoms with E-state index in [0.717, 1.165) is 30.5 Å². The quantitative estimate of drug-likeness (QED) is 0.820. The van der Waals surface area contributed by atoms with Crippen LogP contribution in [0.25, 0.3) is 0 Å². The Morgan fingerprint density at radius 1 is 1.33 bits per heavy atom. The predicted octanol–water partition coefficient (Wildman–Crippen LogP) is 2.09. The first-order valence-corrected chi connectivity index (χ1v) is 10.7. The number of sulfonamides is 1. The Hall–Kier alpha value is -2.03. The van der Waals surface area contributed by atoms with Gasteiger partial charge in [-0.3, -0.25) is 4.79 Å². The lowest BCUT2D eigenvalue weighted by Gasteiger charge is -2.35. The minimum absolute atomic E-state index is 0.00279. The van der Waals surface area contributed by atoms with Crippen LogP contribution in [0.2, 0.25) is 5.02 Å². The number of fused-ring (bicyclic) bond motifs is 4. The Morgan fingerprint density at radius 2 is 2.19 bits per heavy atom. The van der Waals surface area contributed by atoms with Crippen LogP contribution in [0.3, 0.4) is 0 Å². The summed E-state index contributed by atoms with van der Waals surface area (Å²) in [6.45, 7) is 0.0434. The zero-order valence-corrected chi connectivity index (χ0v) is 16.1. The van der Waals surface area contributed by atoms with Crippen molar-refractivity contribution in [1.82, 2.24) is 19.6 Å². The lowest BCUT2D eigenvalue weighted by Crippen LogP contribution is -2.43. The van der Waals surface area contributed by atoms with Crippen LogP contribution in [0.15, 0.2) is 41.7 Å². The van der Waals surface area contributed by atoms with Crippen LogP contribution in [-0.2, 0) is 21.2 Å². The maximum absolute atomic E-state index is 12.8. The van der Waals surface area contributed by atoms with E-state index in [4.69, 9.17) is 11.6 Å². The van der Waals surface area contributed by atoms with Crippen molar-refractivity contribution in [3.8, 4) is 0 Å². The van der Waals surface area contributed by atoms with Gasteiger partial charge in [-0.1, -0.05) is 17.7 Å². The van der Waals surface area contributed by atoms with Crippen molar-refractivity contribution in [3.05, 3.63) is 53.1 Å². The molecule has 2 aromatic rings. The summed E-state index contributed by atoms with van der Waals surface area (Å²) in [6.07, 6.45) is 5.99. The number of amides is 1. The molecule has 1 fully saturated rings. The van der Waals surface area contributed by atoms with E-state index in [9.17, 15) is 13.2 Å². The topological polar surface area (TPSA) is 92.3 Å². The summed E-state index contributed by atoms with van der Waals surface area (Å²) >= 11 is 5.85. The van der Waals surface area contributed by atoms with Gasteiger partial charge in [0.05, 0.1) is 16.6 Å². The molecule has 2 aliphatic heterocycles. The van der Waals surface area contributed by atoms with E-state index < -0.39 is 10.0 Å². The summed E-state index contributed by atoms with van der Waals surface area (Å²) in [7, 11) is -3.69. The monoisotopic (exact) mass is 406 g/mol. The van der Waals surface area contributed by atoms with Crippen LogP contribution < -0.4 is 4.72 Å². The van der Waals surface area contributed by atoms with E-state index in [0.29, 0.717) is 5.02 Å². The number of halogens is 1. The van der Waals surface area contributed by atoms with Crippen LogP contribution in [0.5, 0.6) is 0 Å². The smallest absolute Gasteiger partial charge is 0.240 e. The van der Waals surface area contributed by atoms with Gasteiger partial charge < -0.3 is 4.90 Å². The molecule has 2 unspecified atom stereocenters. The first-order chi connectivity index (χ1) is 13.0. The number of benzene rings is 1. The molecule has 2 aliphatic rings. The summed E-state index contributed by atoms with van der Waals surface area (Å²) in [4.78, 5) is 23.2. The molecule has 142 valence electrons. The van der Waals surface area contributed by atoms with Gasteiger partial charge in [-0.25, -0.2) is 23.1 Å². The number of nitrogens with zero attached hydrogens (tertiary/aromatic N) is 3. The minimum atomic E-state index is -3.69. The molecule has 3 heterocycles. The van der Waals surface area contributed by atoms with Crippen LogP contribution >= 0.6 is 11.6 Å². The second kappa shape index (κ2) is 7.18. The number of hydrogen-bond donors (Lipinski definition) is 1. The summed E-state index contributed by atoms with van der Waals surface area (Å²) in [5.41, 5.74) is 2.03. The molecule has 0 spiro atoms. The number of aromatic nitrogens is 2. The summed E-state index contributed by atoms with van der Waals surface area (Å²) < 4.78 is 27.2. The third kappa shape index (κ3) is 3.56. The fraction of sp³-hybridized carbons (Fsp3) is 0.389. The minimum Gasteiger partial charge on any atom is -0.332 e. The van der Waals surface area contributed by atoms with Crippen molar-refractivity contribution in [2.75, 3.05) is 6.54 Å². The van der Waals surface area contributed by atoms with Gasteiger partial charge in [-0.2, -0.15) is 0 Å². The van der Waals surface area contributed by atoms with Crippen molar-refractivity contribution in [2.45, 2.75) is 42.7 Å². The molecule has 1 aromatic carbocycles. The highest BCUT2D eigenvalue weighted by molar-refractivity contribution is 7.89. The fourth-order valence-corrected chi connectivity index (χ4v) is 5.28. The Bertz CT molecular complexity index is 982. The zero-order valence-electron chi connectivity index (χ0n) is 14.5. The third-order valence-electron chi connectivity index (χ3n) is 5.14. The van der Waals surface area contributed by atoms with E-state index in [1.54, 1.807) is 24.7 Å². The standard InChI is InChI=1S/C18H19ClN4O3S/c19-12-2-1-3-14(8-12)27(25,26)22-7-6-18(24)23-13-4-5-17(23)15-10-20-11-21-16(15)9-13/h1-3,8,10-11,13,17,22H,4-7,9H2. The molecule has 1 N–H and O–H groups in total. The first kappa shape index (κ1) is 18.3. The molecule has 4 rings (SSSR count). The highest BCUT2D eigenvalue weighted by atomic mass is 35.5. The van der Waals surface area contributed by atoms with Crippen molar-refractivity contribution < 1.29 is 13.2 Å². The number of carbonyl (C=O) groups is 1. The average Bonchev–Trinajstić information content (AvgIpc) is 2.96. The van der Waals surface area contributed by atoms with E-state index in [2.05, 4.69) is 14.7 Å². The summed E-state index contributed by atoms with van der Waals surface area (Å²) in [5, 5.41) is 0.347. The molecule has 1 aromatic heterocycles. The van der Waals surface area contributed by atoms with E-state index in [1.807, 2.05) is 4.90 Å². The average molecular weight is 407 g/mol. The molecular weight excluding hydrogens is 388 g/mol. The lowest BCUT2D eigenvalue weighted by atomic mass is 9.99. The van der Waals surface area contributed by atoms with Gasteiger partial charge in [-0.15, -0.1) is 0 Å². The number of carbonyl (C=O) groups excluding carboxylic acids is 1. The Balaban J connectivity index is 1.41. The Labute approximate surface area is 162 Å². The summed E-state index contributed by atoms with van der Waals surface area (Å²) in [6, 6.07) is 6.17. The number of hydrogen-bond acceptors (Lipinski definition) is 5. The van der Waals surface area contributed by atoms with E-state index in [-0.39, 0.29) is 35.9 Å². The molecule has 7 nitrogen and oxygen atoms in total. The molecule has 2 bridgehead atoms. The molecule has 9 heteroatoms. The van der Waals surface area contributed by atoms with Crippen molar-refractivity contribution in [1.29, 1.82) is 0 Å². The third-order valence-corrected chi connectivity index (χ3v) is 6.84. The maximum atomic E-state index is 12.8. The highest BCUT2D eigenvalue weighted by Crippen LogP contribution is 2.42. The number of nitrogens with one attached hydrogen (secondary N) is 1. The highest BCUT2D eigenvalue weighted by Gasteiger charge is 2.42. The molecular formula is C18H19ClN4O3S. The van der Waals surface area contributed by atoms with Gasteiger partial charge >= 0.3 is 0 Å². The van der Waals surface area contributed by atoms with Crippen LogP contribution in [0.1, 0.15) is 36.6 Å². The van der Waals surface area contributed by atoms with Gasteiger partial charge in [0.1, 0.15) is 6.33 Å². The van der Waals surface area contributed by atoms with Gasteiger partial charge in [-0.05, 0) is 31.0 Å². The summed E-state index contributed by atoms with van der Waals surface area (Å²) in [5.74, 6) is -0.0502. The largest absolute Gasteiger partial charge is 0.332 e. The second-order valence-corrected chi connectivity index (χ2v) is 8.99. The SMILES string of the molecule is O=C(CCNS(=O)(=O)c1cccc(Cl)c1)N1C2CCC1c1cncnc1C2. The zero-order chi connectivity index (χ0) is 19.0. The van der Waals surface area contributed by atoms with Crippen LogP contribution in [-0.4, -0.2) is 41.8 Å². The first-order valence-electron chi connectivity index (χ1n) is 8.81. The second-order valence-electron chi connectivity index (χ2n) is 6.78. The number of rotatable bonds is 5. The van der Waals surface area contributed by atoms with E-state index in [1.165, 1.54) is 12.1 Å². The van der Waals surface area contributed by atoms with Crippen LogP contribution in [0, 0.1) is 0 Å². The van der Waals surface area contributed by atoms with Gasteiger partial charge in [0.25, 0.3) is 0 Å². The predicted molar refractivity (Wildman–Crippen MR) is 99.6 cm³/mol. The fourth-order valence-electron chi connectivity index (χ4n) is 3.94. The normalized spacial score (nSPS) is 21.1. The Kier molecular flexibility index (Phi) is 4.88. The van der Waals surface area contributed by atoms with Gasteiger partial charge in [0.2, 0.25) is 15.9 Å². The molecule has 0 radical (unpaired) electrons. The van der Waals surface area contributed by atoms with Crippen molar-refractivity contribution >= 4 is 27.5 Å². The Morgan fingerprint density at radius 3 is 3.00 bits per heavy atom. The molecule has 0 aliphatic carbocycles. The molecule has 1 amide bonds. The molecule has 1 saturated heterocycles. The van der Waals surface area contributed by atoms with E-state index >= 15 is 0 Å². The molecule has 2 atom stereocenters. The maximum Gasteiger partial charge on any atom is 0.240 e. The van der Waals surface area contributed by atoms with Gasteiger partial charge in [0.15, 0.2) is 0 Å². The lowest BCUT2D eigenvalue weighted by molar-refractivity contribution is -0.134. The van der Waals surface area contributed by atoms with Crippen LogP contribution in [0.4, 0.5) is 0 Å². The van der Waals surface area contributed by atoms with Gasteiger partial charge in [0, 0.05) is 42.2 Å². The van der Waals surface area contributed by atoms with Crippen molar-refractivity contribution in [3.63, 3.8) is 0 Å².